The molecule has 0 fully saturated rings. The lowest BCUT2D eigenvalue weighted by molar-refractivity contribution is 0.381. The van der Waals surface area contributed by atoms with Crippen molar-refractivity contribution in [2.45, 2.75) is 0 Å². The third kappa shape index (κ3) is 5.00. The minimum atomic E-state index is -2.21. The van der Waals surface area contributed by atoms with Crippen molar-refractivity contribution in [2.75, 3.05) is 0 Å². The maximum atomic E-state index is 14.5. The molecule has 0 saturated heterocycles. The molecule has 0 radical (unpaired) electrons. The lowest BCUT2D eigenvalue weighted by Gasteiger charge is -2.05. The van der Waals surface area contributed by atoms with Crippen LogP contribution < -0.4 is 0 Å². The van der Waals surface area contributed by atoms with Gasteiger partial charge in [-0.2, -0.15) is 0 Å². The number of thiophene rings is 4. The molecule has 10 rings (SSSR count). The monoisotopic (exact) mass is 850 g/mol. The zero-order chi connectivity index (χ0) is 37.5. The Morgan fingerprint density at radius 1 is 0.296 bits per heavy atom. The molecule has 0 aliphatic rings. The van der Waals surface area contributed by atoms with Crippen molar-refractivity contribution in [3.8, 4) is 40.7 Å². The average Bonchev–Trinajstić information content (AvgIpc) is 3.99. The molecule has 0 saturated carbocycles. The summed E-state index contributed by atoms with van der Waals surface area (Å²) in [5.41, 5.74) is -1.93. The van der Waals surface area contributed by atoms with Crippen molar-refractivity contribution in [3.05, 3.63) is 107 Å². The van der Waals surface area contributed by atoms with Gasteiger partial charge in [0.2, 0.25) is 11.6 Å². The third-order valence-electron chi connectivity index (χ3n) is 8.62. The van der Waals surface area contributed by atoms with Crippen LogP contribution in [0.3, 0.4) is 0 Å². The number of nitrogens with zero attached hydrogens (tertiary/aromatic N) is 2. The van der Waals surface area contributed by atoms with Gasteiger partial charge in [0.25, 0.3) is 0 Å². The van der Waals surface area contributed by atoms with Crippen LogP contribution in [0.2, 0.25) is 0 Å². The summed E-state index contributed by atoms with van der Waals surface area (Å²) in [6, 6.07) is 13.8. The SMILES string of the molecule is Fc1c(F)c(F)c(-c2cc3cc4sc(-c5nc6sc(-c7cc8cc9sc(-c%10c(F)c(F)c(F)c(F)c%10F)cc9cc8s7)nc6s5)cc4cc3s2)c(F)c1F. The van der Waals surface area contributed by atoms with Crippen LogP contribution in [0.1, 0.15) is 0 Å². The van der Waals surface area contributed by atoms with Crippen LogP contribution in [0.15, 0.2) is 48.5 Å². The molecule has 2 nitrogen and oxygen atoms in total. The summed E-state index contributed by atoms with van der Waals surface area (Å²) in [4.78, 5) is 12.6. The van der Waals surface area contributed by atoms with Gasteiger partial charge in [-0.25, -0.2) is 53.9 Å². The van der Waals surface area contributed by atoms with E-state index in [0.717, 1.165) is 62.6 Å². The molecule has 54 heavy (non-hydrogen) atoms. The molecule has 6 heterocycles. The Balaban J connectivity index is 0.947. The van der Waals surface area contributed by atoms with Crippen LogP contribution in [0.4, 0.5) is 43.9 Å². The first-order valence-corrected chi connectivity index (χ1v) is 20.0. The van der Waals surface area contributed by atoms with Gasteiger partial charge in [0.1, 0.15) is 10.0 Å². The summed E-state index contributed by atoms with van der Waals surface area (Å²) in [6.07, 6.45) is 0. The fourth-order valence-corrected chi connectivity index (χ4v) is 12.7. The van der Waals surface area contributed by atoms with Gasteiger partial charge >= 0.3 is 0 Å². The number of rotatable bonds is 4. The second-order valence-corrected chi connectivity index (χ2v) is 18.1. The van der Waals surface area contributed by atoms with Crippen LogP contribution in [-0.2, 0) is 0 Å². The highest BCUT2D eigenvalue weighted by Crippen LogP contribution is 2.47. The molecule has 0 amide bonds. The summed E-state index contributed by atoms with van der Waals surface area (Å²) < 4.78 is 143. The van der Waals surface area contributed by atoms with Gasteiger partial charge in [-0.05, 0) is 70.1 Å². The minimum absolute atomic E-state index is 0.0869. The number of hydrogen-bond acceptors (Lipinski definition) is 8. The topological polar surface area (TPSA) is 25.8 Å². The molecular formula is C36H8F10N2S6. The Labute approximate surface area is 317 Å². The van der Waals surface area contributed by atoms with E-state index in [2.05, 4.69) is 0 Å². The highest BCUT2D eigenvalue weighted by Gasteiger charge is 2.29. The molecule has 0 atom stereocenters. The summed E-state index contributed by atoms with van der Waals surface area (Å²) in [5.74, 6) is -20.0. The van der Waals surface area contributed by atoms with Gasteiger partial charge in [0.05, 0.1) is 20.9 Å². The second kappa shape index (κ2) is 12.0. The van der Waals surface area contributed by atoms with E-state index in [1.54, 1.807) is 24.3 Å². The van der Waals surface area contributed by atoms with Crippen LogP contribution >= 0.6 is 68.0 Å². The smallest absolute Gasteiger partial charge is 0.200 e. The summed E-state index contributed by atoms with van der Waals surface area (Å²) >= 11 is 7.48. The number of fused-ring (bicyclic) bond motifs is 5. The average molecular weight is 851 g/mol. The van der Waals surface area contributed by atoms with Crippen molar-refractivity contribution in [2.24, 2.45) is 0 Å². The van der Waals surface area contributed by atoms with E-state index in [4.69, 9.17) is 9.97 Å². The first-order chi connectivity index (χ1) is 25.8. The number of thiazole rings is 2. The highest BCUT2D eigenvalue weighted by atomic mass is 32.1. The quantitative estimate of drug-likeness (QED) is 0.100. The van der Waals surface area contributed by atoms with Crippen molar-refractivity contribution >= 4 is 118 Å². The molecule has 4 aromatic carbocycles. The second-order valence-electron chi connectivity index (χ2n) is 11.8. The van der Waals surface area contributed by atoms with Crippen molar-refractivity contribution in [1.29, 1.82) is 0 Å². The van der Waals surface area contributed by atoms with Gasteiger partial charge in [-0.3, -0.25) is 0 Å². The largest absolute Gasteiger partial charge is 0.222 e. The molecule has 268 valence electrons. The molecule has 0 N–H and O–H groups in total. The standard InChI is InChI=1S/C36H8F10N2S6/c37-23-21(24(38)28(42)31(45)27(23)41)17-5-9-1-15-11(3-13(9)49-17)7-19(51-15)33-47-35-36(53-33)48-34(54-35)20-8-12-4-14-10(2-16(12)52-20)6-18(50-14)22-25(39)29(43)32(46)30(44)26(22)40/h1-8H. The molecule has 0 aliphatic heterocycles. The Kier molecular flexibility index (Phi) is 7.58. The molecule has 0 spiro atoms. The van der Waals surface area contributed by atoms with E-state index in [0.29, 0.717) is 29.8 Å². The summed E-state index contributed by atoms with van der Waals surface area (Å²) in [5, 5.41) is 4.23. The van der Waals surface area contributed by atoms with Crippen LogP contribution in [0.5, 0.6) is 0 Å². The maximum Gasteiger partial charge on any atom is 0.200 e. The lowest BCUT2D eigenvalue weighted by Crippen LogP contribution is -2.03. The van der Waals surface area contributed by atoms with E-state index >= 15 is 0 Å². The van der Waals surface area contributed by atoms with E-state index in [1.807, 2.05) is 12.1 Å². The molecule has 0 unspecified atom stereocenters. The van der Waals surface area contributed by atoms with Crippen molar-refractivity contribution in [1.82, 2.24) is 9.97 Å². The van der Waals surface area contributed by atoms with Crippen molar-refractivity contribution in [3.63, 3.8) is 0 Å². The number of halogens is 10. The minimum Gasteiger partial charge on any atom is -0.222 e. The number of benzene rings is 4. The molecule has 0 aliphatic carbocycles. The zero-order valence-electron chi connectivity index (χ0n) is 25.7. The van der Waals surface area contributed by atoms with Gasteiger partial charge in [0.15, 0.2) is 56.2 Å². The highest BCUT2D eigenvalue weighted by molar-refractivity contribution is 7.33. The molecule has 6 aromatic heterocycles. The Morgan fingerprint density at radius 3 is 0.870 bits per heavy atom. The Hall–Kier alpha value is -4.46. The maximum absolute atomic E-state index is 14.5. The molecular weight excluding hydrogens is 843 g/mol. The molecule has 10 aromatic rings. The Bertz CT molecular complexity index is 2850. The van der Waals surface area contributed by atoms with Crippen LogP contribution in [-0.4, -0.2) is 9.97 Å². The molecule has 0 bridgehead atoms. The lowest BCUT2D eigenvalue weighted by atomic mass is 10.1. The normalized spacial score (nSPS) is 12.3. The third-order valence-corrected chi connectivity index (χ3v) is 15.4. The first-order valence-electron chi connectivity index (χ1n) is 15.1. The van der Waals surface area contributed by atoms with Crippen molar-refractivity contribution < 1.29 is 43.9 Å². The predicted molar refractivity (Wildman–Crippen MR) is 198 cm³/mol. The summed E-state index contributed by atoms with van der Waals surface area (Å²) in [7, 11) is 0. The van der Waals surface area contributed by atoms with E-state index < -0.39 is 69.3 Å². The molecule has 18 heteroatoms. The fourth-order valence-electron chi connectivity index (χ4n) is 6.10. The van der Waals surface area contributed by atoms with Crippen LogP contribution in [0.25, 0.3) is 90.7 Å². The van der Waals surface area contributed by atoms with Gasteiger partial charge in [-0.15, -0.1) is 45.3 Å². The number of aromatic nitrogens is 2. The van der Waals surface area contributed by atoms with Gasteiger partial charge < -0.3 is 0 Å². The van der Waals surface area contributed by atoms with Gasteiger partial charge in [0, 0.05) is 28.6 Å². The zero-order valence-corrected chi connectivity index (χ0v) is 30.6. The van der Waals surface area contributed by atoms with E-state index in [1.165, 1.54) is 57.5 Å². The van der Waals surface area contributed by atoms with E-state index in [9.17, 15) is 43.9 Å². The summed E-state index contributed by atoms with van der Waals surface area (Å²) in [6.45, 7) is 0. The number of hydrogen-bond donors (Lipinski definition) is 0. The van der Waals surface area contributed by atoms with E-state index in [-0.39, 0.29) is 9.75 Å². The Morgan fingerprint density at radius 2 is 0.556 bits per heavy atom. The first kappa shape index (κ1) is 34.1. The predicted octanol–water partition coefficient (Wildman–Crippen LogP) is 14.7. The van der Waals surface area contributed by atoms with Gasteiger partial charge in [-0.1, -0.05) is 22.7 Å². The fraction of sp³-hybridized carbons (Fsp3) is 0. The van der Waals surface area contributed by atoms with Crippen LogP contribution in [0, 0.1) is 58.2 Å².